The highest BCUT2D eigenvalue weighted by Crippen LogP contribution is 2.43. The molecule has 1 aliphatic carbocycles. The van der Waals surface area contributed by atoms with Gasteiger partial charge in [-0.2, -0.15) is 0 Å². The van der Waals surface area contributed by atoms with Crippen LogP contribution in [0.15, 0.2) is 34.9 Å². The van der Waals surface area contributed by atoms with Gasteiger partial charge < -0.3 is 10.7 Å². The number of hydrogen-bond donors (Lipinski definition) is 2. The van der Waals surface area contributed by atoms with Crippen LogP contribution in [0.2, 0.25) is 0 Å². The fourth-order valence-electron chi connectivity index (χ4n) is 2.27. The largest absolute Gasteiger partial charge is 0.340 e. The number of halogens is 1. The molecule has 1 aromatic heterocycles. The second kappa shape index (κ2) is 4.21. The average molecular weight is 306 g/mol. The zero-order valence-electron chi connectivity index (χ0n) is 10.3. The number of aromatic amines is 1. The van der Waals surface area contributed by atoms with Gasteiger partial charge in [-0.15, -0.1) is 0 Å². The Morgan fingerprint density at radius 1 is 1.44 bits per heavy atom. The molecule has 1 aliphatic rings. The van der Waals surface area contributed by atoms with Crippen molar-refractivity contribution in [2.75, 3.05) is 0 Å². The van der Waals surface area contributed by atoms with Crippen molar-refractivity contribution in [1.29, 1.82) is 0 Å². The van der Waals surface area contributed by atoms with Gasteiger partial charge >= 0.3 is 0 Å². The van der Waals surface area contributed by atoms with Crippen molar-refractivity contribution in [2.24, 2.45) is 11.7 Å². The van der Waals surface area contributed by atoms with Crippen LogP contribution < -0.4 is 5.73 Å². The number of H-pyrrole nitrogens is 1. The van der Waals surface area contributed by atoms with Gasteiger partial charge in [-0.05, 0) is 37.8 Å². The number of rotatable bonds is 3. The second-order valence-electron chi connectivity index (χ2n) is 5.21. The van der Waals surface area contributed by atoms with Gasteiger partial charge in [-0.25, -0.2) is 4.98 Å². The molecule has 1 unspecified atom stereocenters. The van der Waals surface area contributed by atoms with Crippen molar-refractivity contribution in [1.82, 2.24) is 9.97 Å². The predicted octanol–water partition coefficient (Wildman–Crippen LogP) is 3.42. The molecule has 3 nitrogen and oxygen atoms in total. The maximum absolute atomic E-state index is 6.36. The van der Waals surface area contributed by atoms with Crippen LogP contribution in [0.5, 0.6) is 0 Å². The molecule has 1 fully saturated rings. The van der Waals surface area contributed by atoms with Crippen LogP contribution in [-0.4, -0.2) is 9.97 Å². The fraction of sp³-hybridized carbons (Fsp3) is 0.357. The number of imidazole rings is 1. The molecule has 0 radical (unpaired) electrons. The van der Waals surface area contributed by atoms with Gasteiger partial charge in [0.2, 0.25) is 0 Å². The lowest BCUT2D eigenvalue weighted by atomic mass is 9.97. The lowest BCUT2D eigenvalue weighted by molar-refractivity contribution is 0.404. The highest BCUT2D eigenvalue weighted by atomic mass is 79.9. The molecule has 18 heavy (non-hydrogen) atoms. The number of nitrogens with one attached hydrogen (secondary N) is 1. The summed E-state index contributed by atoms with van der Waals surface area (Å²) >= 11 is 3.48. The van der Waals surface area contributed by atoms with Crippen molar-refractivity contribution >= 4 is 15.9 Å². The molecular formula is C14H16BrN3. The van der Waals surface area contributed by atoms with Gasteiger partial charge in [0, 0.05) is 10.0 Å². The molecule has 1 aromatic carbocycles. The molecule has 3 N–H and O–H groups in total. The highest BCUT2D eigenvalue weighted by molar-refractivity contribution is 9.10. The monoisotopic (exact) mass is 305 g/mol. The maximum Gasteiger partial charge on any atom is 0.126 e. The molecule has 0 amide bonds. The Hall–Kier alpha value is -1.13. The predicted molar refractivity (Wildman–Crippen MR) is 76.0 cm³/mol. The third-order valence-corrected chi connectivity index (χ3v) is 4.14. The first-order valence-corrected chi connectivity index (χ1v) is 6.97. The summed E-state index contributed by atoms with van der Waals surface area (Å²) in [6, 6.07) is 8.16. The minimum absolute atomic E-state index is 0.329. The summed E-state index contributed by atoms with van der Waals surface area (Å²) in [4.78, 5) is 7.82. The SMILES string of the molecule is CC(N)(c1ncc(-c2cccc(Br)c2)[nH]1)C1CC1. The number of benzene rings is 1. The van der Waals surface area contributed by atoms with E-state index in [4.69, 9.17) is 5.73 Å². The number of hydrogen-bond acceptors (Lipinski definition) is 2. The van der Waals surface area contributed by atoms with E-state index in [-0.39, 0.29) is 5.54 Å². The molecule has 0 bridgehead atoms. The standard InChI is InChI=1S/C14H16BrN3/c1-14(16,10-5-6-10)13-17-8-12(18-13)9-3-2-4-11(15)7-9/h2-4,7-8,10H,5-6,16H2,1H3,(H,17,18). The summed E-state index contributed by atoms with van der Waals surface area (Å²) in [7, 11) is 0. The Morgan fingerprint density at radius 3 is 2.89 bits per heavy atom. The first-order chi connectivity index (χ1) is 8.57. The second-order valence-corrected chi connectivity index (χ2v) is 6.13. The van der Waals surface area contributed by atoms with E-state index < -0.39 is 0 Å². The Labute approximate surface area is 115 Å². The number of nitrogens with two attached hydrogens (primary N) is 1. The quantitative estimate of drug-likeness (QED) is 0.913. The van der Waals surface area contributed by atoms with Crippen LogP contribution in [0.3, 0.4) is 0 Å². The molecule has 3 rings (SSSR count). The zero-order chi connectivity index (χ0) is 12.8. The van der Waals surface area contributed by atoms with Crippen LogP contribution in [0.4, 0.5) is 0 Å². The normalized spacial score (nSPS) is 18.6. The molecule has 1 saturated carbocycles. The molecule has 1 heterocycles. The van der Waals surface area contributed by atoms with Crippen molar-refractivity contribution in [3.05, 3.63) is 40.8 Å². The van der Waals surface area contributed by atoms with Crippen molar-refractivity contribution in [3.8, 4) is 11.3 Å². The zero-order valence-corrected chi connectivity index (χ0v) is 11.9. The lowest BCUT2D eigenvalue weighted by Gasteiger charge is -2.21. The summed E-state index contributed by atoms with van der Waals surface area (Å²) in [6.07, 6.45) is 4.28. The number of nitrogens with zero attached hydrogens (tertiary/aromatic N) is 1. The number of aromatic nitrogens is 2. The third-order valence-electron chi connectivity index (χ3n) is 3.65. The van der Waals surface area contributed by atoms with E-state index in [9.17, 15) is 0 Å². The summed E-state index contributed by atoms with van der Waals surface area (Å²) in [5.41, 5.74) is 8.17. The molecule has 2 aromatic rings. The minimum atomic E-state index is -0.329. The van der Waals surface area contributed by atoms with Gasteiger partial charge in [0.15, 0.2) is 0 Å². The van der Waals surface area contributed by atoms with E-state index in [0.717, 1.165) is 21.6 Å². The summed E-state index contributed by atoms with van der Waals surface area (Å²) in [6.45, 7) is 2.06. The fourth-order valence-corrected chi connectivity index (χ4v) is 2.67. The molecular weight excluding hydrogens is 290 g/mol. The molecule has 0 spiro atoms. The van der Waals surface area contributed by atoms with Crippen molar-refractivity contribution < 1.29 is 0 Å². The van der Waals surface area contributed by atoms with E-state index in [0.29, 0.717) is 5.92 Å². The summed E-state index contributed by atoms with van der Waals surface area (Å²) < 4.78 is 1.06. The molecule has 4 heteroatoms. The smallest absolute Gasteiger partial charge is 0.126 e. The summed E-state index contributed by atoms with van der Waals surface area (Å²) in [5.74, 6) is 1.46. The van der Waals surface area contributed by atoms with Gasteiger partial charge in [-0.1, -0.05) is 28.1 Å². The Balaban J connectivity index is 1.94. The first-order valence-electron chi connectivity index (χ1n) is 6.17. The van der Waals surface area contributed by atoms with E-state index >= 15 is 0 Å². The Morgan fingerprint density at radius 2 is 2.22 bits per heavy atom. The Kier molecular flexibility index (Phi) is 2.79. The van der Waals surface area contributed by atoms with Gasteiger partial charge in [0.25, 0.3) is 0 Å². The van der Waals surface area contributed by atoms with Gasteiger partial charge in [-0.3, -0.25) is 0 Å². The first kappa shape index (κ1) is 11.9. The van der Waals surface area contributed by atoms with Gasteiger partial charge in [0.1, 0.15) is 5.82 Å². The van der Waals surface area contributed by atoms with Crippen LogP contribution in [0.1, 0.15) is 25.6 Å². The molecule has 0 saturated heterocycles. The van der Waals surface area contributed by atoms with Crippen LogP contribution >= 0.6 is 15.9 Å². The van der Waals surface area contributed by atoms with Crippen LogP contribution in [0, 0.1) is 5.92 Å². The van der Waals surface area contributed by atoms with Crippen LogP contribution in [0.25, 0.3) is 11.3 Å². The minimum Gasteiger partial charge on any atom is -0.340 e. The maximum atomic E-state index is 6.36. The lowest BCUT2D eigenvalue weighted by Crippen LogP contribution is -2.36. The summed E-state index contributed by atoms with van der Waals surface area (Å²) in [5, 5.41) is 0. The molecule has 1 atom stereocenters. The Bertz CT molecular complexity index is 570. The van der Waals surface area contributed by atoms with Crippen molar-refractivity contribution in [2.45, 2.75) is 25.3 Å². The third kappa shape index (κ3) is 2.10. The van der Waals surface area contributed by atoms with E-state index in [1.807, 2.05) is 18.3 Å². The highest BCUT2D eigenvalue weighted by Gasteiger charge is 2.41. The topological polar surface area (TPSA) is 54.7 Å². The van der Waals surface area contributed by atoms with E-state index in [1.54, 1.807) is 0 Å². The van der Waals surface area contributed by atoms with Crippen molar-refractivity contribution in [3.63, 3.8) is 0 Å². The molecule has 94 valence electrons. The van der Waals surface area contributed by atoms with Crippen LogP contribution in [-0.2, 0) is 5.54 Å². The van der Waals surface area contributed by atoms with E-state index in [2.05, 4.69) is 45.0 Å². The average Bonchev–Trinajstić information content (AvgIpc) is 3.07. The van der Waals surface area contributed by atoms with Gasteiger partial charge in [0.05, 0.1) is 17.4 Å². The van der Waals surface area contributed by atoms with E-state index in [1.165, 1.54) is 12.8 Å². The molecule has 0 aliphatic heterocycles.